The van der Waals surface area contributed by atoms with Crippen molar-refractivity contribution in [2.24, 2.45) is 10.7 Å². The smallest absolute Gasteiger partial charge is 0.225 e. The minimum absolute atomic E-state index is 0.399. The zero-order valence-electron chi connectivity index (χ0n) is 15.8. The van der Waals surface area contributed by atoms with Crippen molar-refractivity contribution in [1.82, 2.24) is 19.8 Å². The van der Waals surface area contributed by atoms with Crippen molar-refractivity contribution in [2.45, 2.75) is 25.9 Å². The van der Waals surface area contributed by atoms with E-state index >= 15 is 0 Å². The SMILES string of the molecule is CC(CN=C(N)N1CCN(c2ncccn2)CC1)N1CCc2sccc2C1. The van der Waals surface area contributed by atoms with Crippen molar-refractivity contribution >= 4 is 23.2 Å². The summed E-state index contributed by atoms with van der Waals surface area (Å²) in [5.74, 6) is 1.45. The molecule has 2 N–H and O–H groups in total. The lowest BCUT2D eigenvalue weighted by molar-refractivity contribution is 0.196. The summed E-state index contributed by atoms with van der Waals surface area (Å²) in [5, 5.41) is 2.20. The Hall–Kier alpha value is -2.19. The summed E-state index contributed by atoms with van der Waals surface area (Å²) in [4.78, 5) is 21.8. The molecule has 1 fully saturated rings. The molecular formula is C19H27N7S. The van der Waals surface area contributed by atoms with Gasteiger partial charge in [-0.25, -0.2) is 9.97 Å². The zero-order chi connectivity index (χ0) is 18.6. The maximum absolute atomic E-state index is 6.28. The average Bonchev–Trinajstić information content (AvgIpc) is 3.20. The van der Waals surface area contributed by atoms with Gasteiger partial charge in [0.25, 0.3) is 0 Å². The standard InChI is InChI=1S/C19H27N7S/c1-15(26-7-3-17-16(14-26)4-12-27-17)13-23-18(20)24-8-10-25(11-9-24)19-21-5-2-6-22-19/h2,4-6,12,15H,3,7-11,13-14H2,1H3,(H2,20,23). The van der Waals surface area contributed by atoms with Crippen LogP contribution in [0.5, 0.6) is 0 Å². The second-order valence-corrected chi connectivity index (χ2v) is 8.16. The van der Waals surface area contributed by atoms with Crippen LogP contribution in [0.25, 0.3) is 0 Å². The number of thiophene rings is 1. The quantitative estimate of drug-likeness (QED) is 0.634. The second-order valence-electron chi connectivity index (χ2n) is 7.16. The van der Waals surface area contributed by atoms with Crippen LogP contribution in [0, 0.1) is 0 Å². The number of aromatic nitrogens is 2. The van der Waals surface area contributed by atoms with E-state index in [4.69, 9.17) is 10.7 Å². The van der Waals surface area contributed by atoms with Crippen molar-refractivity contribution < 1.29 is 0 Å². The fourth-order valence-corrected chi connectivity index (χ4v) is 4.57. The Morgan fingerprint density at radius 1 is 1.22 bits per heavy atom. The third kappa shape index (κ3) is 4.22. The minimum atomic E-state index is 0.399. The van der Waals surface area contributed by atoms with E-state index in [9.17, 15) is 0 Å². The highest BCUT2D eigenvalue weighted by molar-refractivity contribution is 7.10. The molecule has 8 heteroatoms. The number of nitrogens with two attached hydrogens (primary N) is 1. The Bertz CT molecular complexity index is 767. The van der Waals surface area contributed by atoms with Gasteiger partial charge in [-0.3, -0.25) is 9.89 Å². The summed E-state index contributed by atoms with van der Waals surface area (Å²) in [6.45, 7) is 8.57. The molecule has 1 saturated heterocycles. The van der Waals surface area contributed by atoms with Gasteiger partial charge in [0.2, 0.25) is 5.95 Å². The molecule has 27 heavy (non-hydrogen) atoms. The summed E-state index contributed by atoms with van der Waals surface area (Å²) in [6.07, 6.45) is 4.72. The number of aliphatic imine (C=N–C) groups is 1. The predicted octanol–water partition coefficient (Wildman–Crippen LogP) is 1.42. The van der Waals surface area contributed by atoms with Crippen LogP contribution in [0.2, 0.25) is 0 Å². The van der Waals surface area contributed by atoms with E-state index in [0.29, 0.717) is 12.0 Å². The molecule has 2 aromatic heterocycles. The van der Waals surface area contributed by atoms with E-state index in [1.54, 1.807) is 17.3 Å². The molecule has 4 rings (SSSR count). The van der Waals surface area contributed by atoms with E-state index in [2.05, 4.69) is 43.0 Å². The molecule has 0 saturated carbocycles. The van der Waals surface area contributed by atoms with E-state index in [0.717, 1.165) is 58.2 Å². The van der Waals surface area contributed by atoms with E-state index in [1.165, 1.54) is 5.56 Å². The molecule has 0 radical (unpaired) electrons. The summed E-state index contributed by atoms with van der Waals surface area (Å²) in [6, 6.07) is 4.50. The summed E-state index contributed by atoms with van der Waals surface area (Å²) < 4.78 is 0. The van der Waals surface area contributed by atoms with Crippen molar-refractivity contribution in [2.75, 3.05) is 44.2 Å². The maximum atomic E-state index is 6.28. The fraction of sp³-hybridized carbons (Fsp3) is 0.526. The number of rotatable bonds is 4. The van der Waals surface area contributed by atoms with Crippen molar-refractivity contribution in [3.63, 3.8) is 0 Å². The number of piperazine rings is 1. The molecule has 0 spiro atoms. The Kier molecular flexibility index (Phi) is 5.54. The van der Waals surface area contributed by atoms with Gasteiger partial charge in [-0.05, 0) is 36.4 Å². The topological polar surface area (TPSA) is 73.9 Å². The van der Waals surface area contributed by atoms with Crippen LogP contribution in [-0.4, -0.2) is 71.0 Å². The van der Waals surface area contributed by atoms with Crippen LogP contribution in [0.1, 0.15) is 17.4 Å². The van der Waals surface area contributed by atoms with E-state index in [1.807, 2.05) is 17.4 Å². The van der Waals surface area contributed by atoms with Gasteiger partial charge in [0.1, 0.15) is 0 Å². The lowest BCUT2D eigenvalue weighted by atomic mass is 10.1. The third-order valence-electron chi connectivity index (χ3n) is 5.42. The molecule has 0 aliphatic carbocycles. The van der Waals surface area contributed by atoms with Crippen LogP contribution in [0.4, 0.5) is 5.95 Å². The van der Waals surface area contributed by atoms with Gasteiger partial charge in [0, 0.05) is 62.6 Å². The maximum Gasteiger partial charge on any atom is 0.225 e. The van der Waals surface area contributed by atoms with Crippen LogP contribution < -0.4 is 10.6 Å². The van der Waals surface area contributed by atoms with Crippen molar-refractivity contribution in [3.05, 3.63) is 40.3 Å². The monoisotopic (exact) mass is 385 g/mol. The molecule has 2 aromatic rings. The Labute approximate surface area is 164 Å². The number of hydrogen-bond acceptors (Lipinski definition) is 6. The largest absolute Gasteiger partial charge is 0.370 e. The van der Waals surface area contributed by atoms with Crippen molar-refractivity contribution in [3.8, 4) is 0 Å². The molecule has 144 valence electrons. The van der Waals surface area contributed by atoms with Gasteiger partial charge >= 0.3 is 0 Å². The van der Waals surface area contributed by atoms with Gasteiger partial charge in [0.05, 0.1) is 6.54 Å². The fourth-order valence-electron chi connectivity index (χ4n) is 3.68. The molecule has 7 nitrogen and oxygen atoms in total. The number of anilines is 1. The van der Waals surface area contributed by atoms with Gasteiger partial charge < -0.3 is 15.5 Å². The van der Waals surface area contributed by atoms with Crippen LogP contribution in [0.15, 0.2) is 34.9 Å². The van der Waals surface area contributed by atoms with Crippen LogP contribution >= 0.6 is 11.3 Å². The Balaban J connectivity index is 1.27. The van der Waals surface area contributed by atoms with Gasteiger partial charge in [-0.2, -0.15) is 0 Å². The number of nitrogens with zero attached hydrogens (tertiary/aromatic N) is 6. The molecule has 1 atom stereocenters. The molecular weight excluding hydrogens is 358 g/mol. The first kappa shape index (κ1) is 18.2. The van der Waals surface area contributed by atoms with Gasteiger partial charge in [-0.15, -0.1) is 11.3 Å². The molecule has 0 bridgehead atoms. The van der Waals surface area contributed by atoms with E-state index in [-0.39, 0.29) is 0 Å². The Morgan fingerprint density at radius 2 is 2.00 bits per heavy atom. The minimum Gasteiger partial charge on any atom is -0.370 e. The van der Waals surface area contributed by atoms with E-state index < -0.39 is 0 Å². The molecule has 0 aromatic carbocycles. The normalized spacial score (nSPS) is 19.8. The van der Waals surface area contributed by atoms with Crippen LogP contribution in [-0.2, 0) is 13.0 Å². The molecule has 2 aliphatic heterocycles. The summed E-state index contributed by atoms with van der Waals surface area (Å²) in [7, 11) is 0. The highest BCUT2D eigenvalue weighted by Gasteiger charge is 2.23. The molecule has 4 heterocycles. The number of fused-ring (bicyclic) bond motifs is 1. The number of hydrogen-bond donors (Lipinski definition) is 1. The molecule has 0 amide bonds. The summed E-state index contributed by atoms with van der Waals surface area (Å²) in [5.41, 5.74) is 7.76. The first-order valence-corrected chi connectivity index (χ1v) is 10.4. The van der Waals surface area contributed by atoms with Gasteiger partial charge in [-0.1, -0.05) is 0 Å². The van der Waals surface area contributed by atoms with Crippen molar-refractivity contribution in [1.29, 1.82) is 0 Å². The predicted molar refractivity (Wildman–Crippen MR) is 110 cm³/mol. The van der Waals surface area contributed by atoms with Gasteiger partial charge in [0.15, 0.2) is 5.96 Å². The first-order valence-electron chi connectivity index (χ1n) is 9.57. The second kappa shape index (κ2) is 8.22. The lowest BCUT2D eigenvalue weighted by Gasteiger charge is -2.35. The lowest BCUT2D eigenvalue weighted by Crippen LogP contribution is -2.52. The molecule has 1 unspecified atom stereocenters. The highest BCUT2D eigenvalue weighted by atomic mass is 32.1. The number of guanidine groups is 1. The Morgan fingerprint density at radius 3 is 2.78 bits per heavy atom. The molecule has 2 aliphatic rings. The summed E-state index contributed by atoms with van der Waals surface area (Å²) >= 11 is 1.88. The zero-order valence-corrected chi connectivity index (χ0v) is 16.6. The third-order valence-corrected chi connectivity index (χ3v) is 6.44. The van der Waals surface area contributed by atoms with Crippen LogP contribution in [0.3, 0.4) is 0 Å². The first-order chi connectivity index (χ1) is 13.2. The average molecular weight is 386 g/mol. The highest BCUT2D eigenvalue weighted by Crippen LogP contribution is 2.25.